The number of hydrogen-bond donors (Lipinski definition) is 1. The fourth-order valence-electron chi connectivity index (χ4n) is 4.54. The number of nitrogens with zero attached hydrogens (tertiary/aromatic N) is 1. The predicted octanol–water partition coefficient (Wildman–Crippen LogP) is 5.04. The van der Waals surface area contributed by atoms with E-state index in [9.17, 15) is 31.2 Å². The maximum absolute atomic E-state index is 12.8. The maximum atomic E-state index is 12.8. The SMILES string of the molecule is CCS(=O)(=O)c1ccc(CNC(=O)c2ccc(N3C[C@H](Oc4ccc(C(F)(F)F)cc4)C[C@H]3C(C)=O)cc2)cc1. The number of halogens is 3. The molecule has 3 aromatic carbocycles. The Morgan fingerprint density at radius 1 is 0.975 bits per heavy atom. The van der Waals surface area contributed by atoms with Gasteiger partial charge in [0, 0.05) is 24.2 Å². The minimum absolute atomic E-state index is 0.0104. The van der Waals surface area contributed by atoms with Crippen LogP contribution < -0.4 is 15.0 Å². The molecular weight excluding hydrogens is 545 g/mol. The molecule has 7 nitrogen and oxygen atoms in total. The van der Waals surface area contributed by atoms with Crippen molar-refractivity contribution in [2.45, 2.75) is 50.0 Å². The van der Waals surface area contributed by atoms with E-state index in [0.29, 0.717) is 24.2 Å². The smallest absolute Gasteiger partial charge is 0.416 e. The lowest BCUT2D eigenvalue weighted by molar-refractivity contribution is -0.137. The van der Waals surface area contributed by atoms with Crippen molar-refractivity contribution in [2.24, 2.45) is 0 Å². The number of alkyl halides is 3. The monoisotopic (exact) mass is 574 g/mol. The molecule has 3 aromatic rings. The molecule has 2 atom stereocenters. The van der Waals surface area contributed by atoms with Crippen LogP contribution >= 0.6 is 0 Å². The van der Waals surface area contributed by atoms with Crippen molar-refractivity contribution < 1.29 is 35.9 Å². The summed E-state index contributed by atoms with van der Waals surface area (Å²) in [6.45, 7) is 3.62. The molecule has 11 heteroatoms. The molecule has 1 saturated heterocycles. The zero-order chi connectivity index (χ0) is 29.1. The minimum Gasteiger partial charge on any atom is -0.488 e. The van der Waals surface area contributed by atoms with Gasteiger partial charge in [0.15, 0.2) is 15.6 Å². The van der Waals surface area contributed by atoms with Gasteiger partial charge in [0.05, 0.1) is 28.8 Å². The van der Waals surface area contributed by atoms with Gasteiger partial charge in [-0.05, 0) is 73.2 Å². The molecule has 1 heterocycles. The van der Waals surface area contributed by atoms with Gasteiger partial charge in [0.25, 0.3) is 5.91 Å². The summed E-state index contributed by atoms with van der Waals surface area (Å²) in [6, 6.07) is 17.1. The molecule has 1 aliphatic rings. The Morgan fingerprint density at radius 3 is 2.15 bits per heavy atom. The third kappa shape index (κ3) is 6.82. The van der Waals surface area contributed by atoms with Crippen LogP contribution in [0.1, 0.15) is 41.8 Å². The number of anilines is 1. The molecule has 0 bridgehead atoms. The summed E-state index contributed by atoms with van der Waals surface area (Å²) in [5, 5.41) is 2.80. The van der Waals surface area contributed by atoms with Gasteiger partial charge in [-0.3, -0.25) is 9.59 Å². The first-order valence-corrected chi connectivity index (χ1v) is 14.3. The lowest BCUT2D eigenvalue weighted by atomic mass is 10.1. The summed E-state index contributed by atoms with van der Waals surface area (Å²) < 4.78 is 68.3. The van der Waals surface area contributed by atoms with E-state index in [4.69, 9.17) is 4.74 Å². The highest BCUT2D eigenvalue weighted by molar-refractivity contribution is 7.91. The largest absolute Gasteiger partial charge is 0.488 e. The Balaban J connectivity index is 1.37. The first-order chi connectivity index (χ1) is 18.9. The molecule has 0 saturated carbocycles. The van der Waals surface area contributed by atoms with E-state index in [1.165, 1.54) is 31.2 Å². The topological polar surface area (TPSA) is 92.8 Å². The van der Waals surface area contributed by atoms with Crippen molar-refractivity contribution >= 4 is 27.2 Å². The molecule has 212 valence electrons. The zero-order valence-corrected chi connectivity index (χ0v) is 22.8. The number of benzene rings is 3. The highest BCUT2D eigenvalue weighted by Crippen LogP contribution is 2.32. The molecule has 1 N–H and O–H groups in total. The third-order valence-electron chi connectivity index (χ3n) is 6.79. The van der Waals surface area contributed by atoms with Crippen LogP contribution in [0.15, 0.2) is 77.7 Å². The number of amides is 1. The van der Waals surface area contributed by atoms with Crippen LogP contribution in [0.4, 0.5) is 18.9 Å². The number of sulfone groups is 1. The van der Waals surface area contributed by atoms with E-state index < -0.39 is 33.7 Å². The number of ketones is 1. The number of rotatable bonds is 9. The van der Waals surface area contributed by atoms with E-state index in [2.05, 4.69) is 5.32 Å². The third-order valence-corrected chi connectivity index (χ3v) is 8.54. The number of carbonyl (C=O) groups is 2. The highest BCUT2D eigenvalue weighted by atomic mass is 32.2. The fourth-order valence-corrected chi connectivity index (χ4v) is 5.42. The van der Waals surface area contributed by atoms with Crippen LogP contribution in [0.2, 0.25) is 0 Å². The van der Waals surface area contributed by atoms with E-state index in [1.807, 2.05) is 4.90 Å². The van der Waals surface area contributed by atoms with Crippen LogP contribution in [0.25, 0.3) is 0 Å². The summed E-state index contributed by atoms with van der Waals surface area (Å²) in [7, 11) is -3.29. The molecule has 4 rings (SSSR count). The Morgan fingerprint density at radius 2 is 1.60 bits per heavy atom. The summed E-state index contributed by atoms with van der Waals surface area (Å²) in [5.41, 5.74) is 1.10. The standard InChI is InChI=1S/C29H29F3N2O5S/c1-3-40(37,38)26-14-4-20(5-15-26)17-33-28(36)21-6-10-23(11-7-21)34-18-25(16-27(34)19(2)35)39-24-12-8-22(9-13-24)29(30,31)32/h4-15,25,27H,3,16-18H2,1-2H3,(H,33,36)/t25-,27+/m1/s1. The second-order valence-electron chi connectivity index (χ2n) is 9.55. The van der Waals surface area contributed by atoms with Crippen molar-refractivity contribution in [1.82, 2.24) is 5.32 Å². The summed E-state index contributed by atoms with van der Waals surface area (Å²) in [6.07, 6.45) is -4.47. The molecule has 1 aliphatic heterocycles. The van der Waals surface area contributed by atoms with E-state index in [1.54, 1.807) is 43.3 Å². The van der Waals surface area contributed by atoms with Crippen molar-refractivity contribution in [3.8, 4) is 5.75 Å². The second-order valence-corrected chi connectivity index (χ2v) is 11.8. The van der Waals surface area contributed by atoms with Gasteiger partial charge in [-0.1, -0.05) is 19.1 Å². The summed E-state index contributed by atoms with van der Waals surface area (Å²) in [4.78, 5) is 27.1. The average Bonchev–Trinajstić information content (AvgIpc) is 3.36. The van der Waals surface area contributed by atoms with Crippen LogP contribution in [0, 0.1) is 0 Å². The van der Waals surface area contributed by atoms with E-state index in [0.717, 1.165) is 17.7 Å². The van der Waals surface area contributed by atoms with Gasteiger partial charge in [-0.15, -0.1) is 0 Å². The summed E-state index contributed by atoms with van der Waals surface area (Å²) >= 11 is 0. The highest BCUT2D eigenvalue weighted by Gasteiger charge is 2.37. The number of hydrogen-bond acceptors (Lipinski definition) is 6. The van der Waals surface area contributed by atoms with Gasteiger partial charge in [-0.2, -0.15) is 13.2 Å². The number of carbonyl (C=O) groups excluding carboxylic acids is 2. The Labute approximate surface area is 230 Å². The first kappa shape index (κ1) is 29.1. The minimum atomic E-state index is -4.43. The Kier molecular flexibility index (Phi) is 8.53. The molecule has 0 spiro atoms. The van der Waals surface area contributed by atoms with Crippen LogP contribution in [0.5, 0.6) is 5.75 Å². The van der Waals surface area contributed by atoms with Crippen LogP contribution in [0.3, 0.4) is 0 Å². The predicted molar refractivity (Wildman–Crippen MR) is 144 cm³/mol. The fraction of sp³-hybridized carbons (Fsp3) is 0.310. The summed E-state index contributed by atoms with van der Waals surface area (Å²) in [5.74, 6) is -0.0880. The van der Waals surface area contributed by atoms with Gasteiger partial charge >= 0.3 is 6.18 Å². The molecule has 1 fully saturated rings. The quantitative estimate of drug-likeness (QED) is 0.385. The lowest BCUT2D eigenvalue weighted by Gasteiger charge is -2.24. The number of nitrogens with one attached hydrogen (secondary N) is 1. The Bertz CT molecular complexity index is 1460. The zero-order valence-electron chi connectivity index (χ0n) is 21.9. The molecule has 1 amide bonds. The Hall–Kier alpha value is -3.86. The first-order valence-electron chi connectivity index (χ1n) is 12.7. The van der Waals surface area contributed by atoms with Crippen LogP contribution in [-0.4, -0.2) is 44.6 Å². The van der Waals surface area contributed by atoms with Crippen molar-refractivity contribution in [3.63, 3.8) is 0 Å². The number of ether oxygens (including phenoxy) is 1. The molecule has 0 unspecified atom stereocenters. The van der Waals surface area contributed by atoms with Crippen molar-refractivity contribution in [1.29, 1.82) is 0 Å². The molecule has 40 heavy (non-hydrogen) atoms. The van der Waals surface area contributed by atoms with Crippen LogP contribution in [-0.2, 0) is 27.4 Å². The van der Waals surface area contributed by atoms with Gasteiger partial charge < -0.3 is 15.0 Å². The van der Waals surface area contributed by atoms with Crippen molar-refractivity contribution in [2.75, 3.05) is 17.2 Å². The number of Topliss-reactive ketones (excluding diaryl/α,β-unsaturated/α-hetero) is 1. The normalized spacial score (nSPS) is 17.5. The van der Waals surface area contributed by atoms with Crippen molar-refractivity contribution in [3.05, 3.63) is 89.5 Å². The maximum Gasteiger partial charge on any atom is 0.416 e. The van der Waals surface area contributed by atoms with Gasteiger partial charge in [0.2, 0.25) is 0 Å². The van der Waals surface area contributed by atoms with E-state index in [-0.39, 0.29) is 34.6 Å². The molecule has 0 aromatic heterocycles. The van der Waals surface area contributed by atoms with E-state index >= 15 is 0 Å². The molecular formula is C29H29F3N2O5S. The van der Waals surface area contributed by atoms with Gasteiger partial charge in [-0.25, -0.2) is 8.42 Å². The van der Waals surface area contributed by atoms with Gasteiger partial charge in [0.1, 0.15) is 11.9 Å². The lowest BCUT2D eigenvalue weighted by Crippen LogP contribution is -2.35. The second kappa shape index (κ2) is 11.7. The average molecular weight is 575 g/mol. The molecule has 0 radical (unpaired) electrons. The molecule has 0 aliphatic carbocycles.